The highest BCUT2D eigenvalue weighted by molar-refractivity contribution is 5.41. The Labute approximate surface area is 191 Å². The smallest absolute Gasteiger partial charge is 0.126 e. The minimum absolute atomic E-state index is 0.583. The molecule has 1 radical (unpaired) electrons. The molecule has 0 saturated carbocycles. The van der Waals surface area contributed by atoms with Gasteiger partial charge in [0.1, 0.15) is 12.4 Å². The molecule has 161 valence electrons. The van der Waals surface area contributed by atoms with E-state index in [2.05, 4.69) is 83.8 Å². The van der Waals surface area contributed by atoms with Gasteiger partial charge in [-0.25, -0.2) is 0 Å². The molecule has 0 aliphatic carbocycles. The normalized spacial score (nSPS) is 10.8. The van der Waals surface area contributed by atoms with Crippen LogP contribution in [-0.4, -0.2) is 4.98 Å². The quantitative estimate of drug-likeness (QED) is 0.266. The van der Waals surface area contributed by atoms with Crippen molar-refractivity contribution < 1.29 is 4.74 Å². The van der Waals surface area contributed by atoms with Gasteiger partial charge in [0.15, 0.2) is 0 Å². The highest BCUT2D eigenvalue weighted by atomic mass is 16.5. The van der Waals surface area contributed by atoms with Gasteiger partial charge in [0, 0.05) is 18.0 Å². The maximum Gasteiger partial charge on any atom is 0.126 e. The number of aryl methyl sites for hydroxylation is 4. The van der Waals surface area contributed by atoms with E-state index in [0.29, 0.717) is 6.61 Å². The third-order valence-electron chi connectivity index (χ3n) is 5.70. The maximum atomic E-state index is 6.42. The molecule has 1 heterocycles. The first-order valence-electron chi connectivity index (χ1n) is 11.5. The molecule has 0 aliphatic heterocycles. The zero-order valence-corrected chi connectivity index (χ0v) is 18.5. The molecule has 2 nitrogen and oxygen atoms in total. The van der Waals surface area contributed by atoms with Gasteiger partial charge in [-0.05, 0) is 72.9 Å². The summed E-state index contributed by atoms with van der Waals surface area (Å²) in [5, 5.41) is 0. The lowest BCUT2D eigenvalue weighted by atomic mass is 9.98. The first-order chi connectivity index (χ1) is 15.9. The van der Waals surface area contributed by atoms with Crippen molar-refractivity contribution in [3.63, 3.8) is 0 Å². The first kappa shape index (κ1) is 21.8. The van der Waals surface area contributed by atoms with Gasteiger partial charge in [-0.2, -0.15) is 0 Å². The number of nitrogens with zero attached hydrogens (tertiary/aromatic N) is 1. The minimum atomic E-state index is 0.583. The molecule has 2 heteroatoms. The summed E-state index contributed by atoms with van der Waals surface area (Å²) in [6.07, 6.45) is 9.98. The molecule has 4 aromatic rings. The SMILES string of the molecule is [c]1ccc(CCCc2cccnc2)c(OCc2ccccc2)c1CCCc1ccccc1. The summed E-state index contributed by atoms with van der Waals surface area (Å²) in [5.41, 5.74) is 6.32. The van der Waals surface area contributed by atoms with Crippen LogP contribution < -0.4 is 4.74 Å². The maximum absolute atomic E-state index is 6.42. The largest absolute Gasteiger partial charge is 0.488 e. The topological polar surface area (TPSA) is 22.1 Å². The van der Waals surface area contributed by atoms with E-state index in [1.165, 1.54) is 27.8 Å². The second kappa shape index (κ2) is 11.9. The first-order valence-corrected chi connectivity index (χ1v) is 11.5. The Morgan fingerprint density at radius 1 is 0.656 bits per heavy atom. The molecule has 0 amide bonds. The molecule has 0 aliphatic rings. The van der Waals surface area contributed by atoms with E-state index in [-0.39, 0.29) is 0 Å². The number of hydrogen-bond donors (Lipinski definition) is 0. The number of aromatic nitrogens is 1. The third kappa shape index (κ3) is 6.55. The van der Waals surface area contributed by atoms with Gasteiger partial charge in [-0.1, -0.05) is 78.9 Å². The van der Waals surface area contributed by atoms with E-state index in [1.54, 1.807) is 0 Å². The van der Waals surface area contributed by atoms with Crippen LogP contribution in [0.1, 0.15) is 40.7 Å². The fraction of sp³-hybridized carbons (Fsp3) is 0.233. The summed E-state index contributed by atoms with van der Waals surface area (Å²) in [4.78, 5) is 4.23. The summed E-state index contributed by atoms with van der Waals surface area (Å²) < 4.78 is 6.42. The molecule has 0 unspecified atom stereocenters. The molecule has 0 atom stereocenters. The molecular formula is C30H30NO. The summed E-state index contributed by atoms with van der Waals surface area (Å²) in [6, 6.07) is 32.9. The average Bonchev–Trinajstić information content (AvgIpc) is 2.85. The van der Waals surface area contributed by atoms with Crippen LogP contribution in [0.25, 0.3) is 0 Å². The van der Waals surface area contributed by atoms with Gasteiger partial charge in [0.2, 0.25) is 0 Å². The second-order valence-corrected chi connectivity index (χ2v) is 8.14. The monoisotopic (exact) mass is 420 g/mol. The summed E-state index contributed by atoms with van der Waals surface area (Å²) in [7, 11) is 0. The molecule has 3 aromatic carbocycles. The van der Waals surface area contributed by atoms with Crippen molar-refractivity contribution in [2.24, 2.45) is 0 Å². The van der Waals surface area contributed by atoms with E-state index in [4.69, 9.17) is 4.74 Å². The van der Waals surface area contributed by atoms with Gasteiger partial charge in [-0.3, -0.25) is 4.98 Å². The fourth-order valence-electron chi connectivity index (χ4n) is 4.01. The van der Waals surface area contributed by atoms with E-state index < -0.39 is 0 Å². The van der Waals surface area contributed by atoms with Crippen LogP contribution in [0.4, 0.5) is 0 Å². The predicted octanol–water partition coefficient (Wildman–Crippen LogP) is 6.81. The molecule has 32 heavy (non-hydrogen) atoms. The molecule has 1 aromatic heterocycles. The summed E-state index contributed by atoms with van der Waals surface area (Å²) in [6.45, 7) is 0.583. The zero-order chi connectivity index (χ0) is 21.8. The van der Waals surface area contributed by atoms with E-state index in [9.17, 15) is 0 Å². The van der Waals surface area contributed by atoms with Gasteiger partial charge in [0.05, 0.1) is 0 Å². The van der Waals surface area contributed by atoms with Crippen LogP contribution >= 0.6 is 0 Å². The highest BCUT2D eigenvalue weighted by Gasteiger charge is 2.11. The van der Waals surface area contributed by atoms with Crippen molar-refractivity contribution in [1.82, 2.24) is 4.98 Å². The zero-order valence-electron chi connectivity index (χ0n) is 18.5. The van der Waals surface area contributed by atoms with E-state index in [0.717, 1.165) is 44.3 Å². The molecule has 0 fully saturated rings. The lowest BCUT2D eigenvalue weighted by Gasteiger charge is -2.16. The average molecular weight is 421 g/mol. The molecule has 0 spiro atoms. The van der Waals surface area contributed by atoms with Crippen molar-refractivity contribution in [3.05, 3.63) is 131 Å². The van der Waals surface area contributed by atoms with Gasteiger partial charge in [-0.15, -0.1) is 0 Å². The molecular weight excluding hydrogens is 390 g/mol. The van der Waals surface area contributed by atoms with Crippen LogP contribution in [0.15, 0.2) is 97.3 Å². The van der Waals surface area contributed by atoms with Crippen molar-refractivity contribution >= 4 is 0 Å². The standard InChI is InChI=1S/C30H30NO/c1-3-11-25(12-4-1)15-7-18-28-20-9-21-29(19-8-16-26-17-10-22-31-23-26)30(28)32-24-27-13-5-2-6-14-27/h1-6,9-14,17,21-23H,7-8,15-16,18-19,24H2. The number of rotatable bonds is 11. The van der Waals surface area contributed by atoms with Gasteiger partial charge in [0.25, 0.3) is 0 Å². The Bertz CT molecular complexity index is 998. The van der Waals surface area contributed by atoms with Crippen molar-refractivity contribution in [2.45, 2.75) is 45.1 Å². The van der Waals surface area contributed by atoms with E-state index >= 15 is 0 Å². The lowest BCUT2D eigenvalue weighted by molar-refractivity contribution is 0.299. The second-order valence-electron chi connectivity index (χ2n) is 8.14. The van der Waals surface area contributed by atoms with Crippen LogP contribution in [-0.2, 0) is 32.3 Å². The Morgan fingerprint density at radius 2 is 1.34 bits per heavy atom. The van der Waals surface area contributed by atoms with Crippen LogP contribution in [0.2, 0.25) is 0 Å². The van der Waals surface area contributed by atoms with Crippen molar-refractivity contribution in [1.29, 1.82) is 0 Å². The number of ether oxygens (including phenoxy) is 1. The predicted molar refractivity (Wildman–Crippen MR) is 131 cm³/mol. The number of benzene rings is 3. The van der Waals surface area contributed by atoms with Gasteiger partial charge < -0.3 is 4.74 Å². The Balaban J connectivity index is 1.45. The van der Waals surface area contributed by atoms with Crippen molar-refractivity contribution in [3.8, 4) is 5.75 Å². The number of hydrogen-bond acceptors (Lipinski definition) is 2. The van der Waals surface area contributed by atoms with Gasteiger partial charge >= 0.3 is 0 Å². The lowest BCUT2D eigenvalue weighted by Crippen LogP contribution is -2.04. The third-order valence-corrected chi connectivity index (χ3v) is 5.70. The van der Waals surface area contributed by atoms with Crippen LogP contribution in [0, 0.1) is 6.07 Å². The molecule has 4 rings (SSSR count). The summed E-state index contributed by atoms with van der Waals surface area (Å²) >= 11 is 0. The Hall–Kier alpha value is -3.39. The Morgan fingerprint density at radius 3 is 2.09 bits per heavy atom. The van der Waals surface area contributed by atoms with Crippen LogP contribution in [0.3, 0.4) is 0 Å². The Kier molecular flexibility index (Phi) is 8.09. The fourth-order valence-corrected chi connectivity index (χ4v) is 4.01. The molecule has 0 N–H and O–H groups in total. The molecule has 0 saturated heterocycles. The highest BCUT2D eigenvalue weighted by Crippen LogP contribution is 2.28. The van der Waals surface area contributed by atoms with E-state index in [1.807, 2.05) is 24.5 Å². The number of pyridine rings is 1. The molecule has 0 bridgehead atoms. The van der Waals surface area contributed by atoms with Crippen LogP contribution in [0.5, 0.6) is 5.75 Å². The van der Waals surface area contributed by atoms with Crippen molar-refractivity contribution in [2.75, 3.05) is 0 Å². The summed E-state index contributed by atoms with van der Waals surface area (Å²) in [5.74, 6) is 1.02. The minimum Gasteiger partial charge on any atom is -0.488 e.